The molecule has 0 spiro atoms. The van der Waals surface area contributed by atoms with Crippen molar-refractivity contribution in [2.24, 2.45) is 0 Å². The molecular weight excluding hydrogens is 248 g/mol. The van der Waals surface area contributed by atoms with E-state index in [4.69, 9.17) is 4.74 Å². The summed E-state index contributed by atoms with van der Waals surface area (Å²) in [6.45, 7) is 7.35. The fourth-order valence-electron chi connectivity index (χ4n) is 1.82. The van der Waals surface area contributed by atoms with Crippen LogP contribution in [0.4, 0.5) is 8.78 Å². The Bertz CT molecular complexity index is 382. The fraction of sp³-hybridized carbons (Fsp3) is 0.600. The quantitative estimate of drug-likeness (QED) is 0.726. The van der Waals surface area contributed by atoms with E-state index in [2.05, 4.69) is 5.32 Å². The first kappa shape index (κ1) is 16.1. The minimum atomic E-state index is -0.407. The van der Waals surface area contributed by atoms with Gasteiger partial charge in [-0.25, -0.2) is 8.78 Å². The molecule has 1 N–H and O–H groups in total. The van der Waals surface area contributed by atoms with Gasteiger partial charge < -0.3 is 10.1 Å². The molecule has 1 rings (SSSR count). The van der Waals surface area contributed by atoms with E-state index < -0.39 is 5.82 Å². The van der Waals surface area contributed by atoms with Crippen LogP contribution in [-0.2, 0) is 4.74 Å². The molecule has 0 saturated carbocycles. The molecule has 0 fully saturated rings. The molecule has 0 heterocycles. The van der Waals surface area contributed by atoms with Crippen molar-refractivity contribution in [3.63, 3.8) is 0 Å². The van der Waals surface area contributed by atoms with Gasteiger partial charge in [0.1, 0.15) is 11.6 Å². The number of nitrogens with one attached hydrogen (secondary N) is 1. The fourth-order valence-corrected chi connectivity index (χ4v) is 1.82. The zero-order valence-electron chi connectivity index (χ0n) is 11.9. The summed E-state index contributed by atoms with van der Waals surface area (Å²) in [4.78, 5) is 0. The maximum Gasteiger partial charge on any atom is 0.128 e. The van der Waals surface area contributed by atoms with Crippen LogP contribution in [-0.4, -0.2) is 19.3 Å². The molecule has 0 aromatic heterocycles. The van der Waals surface area contributed by atoms with E-state index in [9.17, 15) is 8.78 Å². The Morgan fingerprint density at radius 2 is 1.89 bits per heavy atom. The van der Waals surface area contributed by atoms with E-state index in [0.29, 0.717) is 5.56 Å². The van der Waals surface area contributed by atoms with E-state index >= 15 is 0 Å². The molecule has 1 unspecified atom stereocenters. The molecule has 0 aliphatic heterocycles. The van der Waals surface area contributed by atoms with E-state index in [1.54, 1.807) is 0 Å². The summed E-state index contributed by atoms with van der Waals surface area (Å²) in [6, 6.07) is 3.35. The lowest BCUT2D eigenvalue weighted by atomic mass is 10.1. The summed E-state index contributed by atoms with van der Waals surface area (Å²) in [5, 5.41) is 3.19. The number of unbranched alkanes of at least 4 members (excludes halogenated alkanes) is 1. The molecule has 0 aliphatic carbocycles. The van der Waals surface area contributed by atoms with Crippen LogP contribution in [0.2, 0.25) is 0 Å². The van der Waals surface area contributed by atoms with Gasteiger partial charge in [0.05, 0.1) is 6.10 Å². The van der Waals surface area contributed by atoms with Crippen molar-refractivity contribution in [1.29, 1.82) is 0 Å². The highest BCUT2D eigenvalue weighted by Crippen LogP contribution is 2.17. The number of benzene rings is 1. The number of ether oxygens (including phenoxy) is 1. The summed E-state index contributed by atoms with van der Waals surface area (Å²) in [6.07, 6.45) is 2.17. The normalized spacial score (nSPS) is 12.9. The molecule has 1 aromatic rings. The van der Waals surface area contributed by atoms with E-state index in [1.807, 2.05) is 20.8 Å². The first-order valence-electron chi connectivity index (χ1n) is 6.80. The maximum absolute atomic E-state index is 13.5. The number of halogens is 2. The summed E-state index contributed by atoms with van der Waals surface area (Å²) in [5.74, 6) is -0.778. The van der Waals surface area contributed by atoms with Gasteiger partial charge in [-0.1, -0.05) is 0 Å². The standard InChI is InChI=1S/C15H23F2NO/c1-11(2)19-9-5-4-8-18-12(3)14-10-13(16)6-7-15(14)17/h6-7,10-12,18H,4-5,8-9H2,1-3H3. The Balaban J connectivity index is 2.27. The topological polar surface area (TPSA) is 21.3 Å². The minimum absolute atomic E-state index is 0.193. The van der Waals surface area contributed by atoms with E-state index in [1.165, 1.54) is 12.1 Å². The average Bonchev–Trinajstić information content (AvgIpc) is 2.36. The monoisotopic (exact) mass is 271 g/mol. The number of hydrogen-bond donors (Lipinski definition) is 1. The van der Waals surface area contributed by atoms with Gasteiger partial charge in [0.2, 0.25) is 0 Å². The van der Waals surface area contributed by atoms with Crippen molar-refractivity contribution in [2.75, 3.05) is 13.2 Å². The van der Waals surface area contributed by atoms with Crippen LogP contribution in [0.3, 0.4) is 0 Å². The van der Waals surface area contributed by atoms with Crippen LogP contribution < -0.4 is 5.32 Å². The average molecular weight is 271 g/mol. The van der Waals surface area contributed by atoms with Crippen molar-refractivity contribution in [3.05, 3.63) is 35.4 Å². The first-order valence-corrected chi connectivity index (χ1v) is 6.80. The first-order chi connectivity index (χ1) is 9.00. The lowest BCUT2D eigenvalue weighted by Gasteiger charge is -2.15. The number of hydrogen-bond acceptors (Lipinski definition) is 2. The Kier molecular flexibility index (Phi) is 6.95. The highest BCUT2D eigenvalue weighted by atomic mass is 19.1. The van der Waals surface area contributed by atoms with Gasteiger partial charge in [-0.2, -0.15) is 0 Å². The second kappa shape index (κ2) is 8.23. The predicted molar refractivity (Wildman–Crippen MR) is 73.1 cm³/mol. The van der Waals surface area contributed by atoms with E-state index in [-0.39, 0.29) is 18.0 Å². The lowest BCUT2D eigenvalue weighted by molar-refractivity contribution is 0.0759. The zero-order chi connectivity index (χ0) is 14.3. The molecule has 0 radical (unpaired) electrons. The largest absolute Gasteiger partial charge is 0.379 e. The molecule has 0 saturated heterocycles. The highest BCUT2D eigenvalue weighted by Gasteiger charge is 2.11. The zero-order valence-corrected chi connectivity index (χ0v) is 11.9. The third-order valence-corrected chi connectivity index (χ3v) is 2.90. The highest BCUT2D eigenvalue weighted by molar-refractivity contribution is 5.21. The van der Waals surface area contributed by atoms with Crippen LogP contribution in [0.5, 0.6) is 0 Å². The molecule has 19 heavy (non-hydrogen) atoms. The molecule has 0 amide bonds. The van der Waals surface area contributed by atoms with Crippen molar-refractivity contribution in [1.82, 2.24) is 5.32 Å². The third kappa shape index (κ3) is 6.12. The van der Waals surface area contributed by atoms with Crippen LogP contribution in [0, 0.1) is 11.6 Å². The van der Waals surface area contributed by atoms with Crippen LogP contribution >= 0.6 is 0 Å². The van der Waals surface area contributed by atoms with Crippen LogP contribution in [0.25, 0.3) is 0 Å². The predicted octanol–water partition coefficient (Wildman–Crippen LogP) is 3.82. The number of rotatable bonds is 8. The molecule has 108 valence electrons. The molecule has 1 atom stereocenters. The van der Waals surface area contributed by atoms with Crippen molar-refractivity contribution < 1.29 is 13.5 Å². The molecule has 4 heteroatoms. The lowest BCUT2D eigenvalue weighted by Crippen LogP contribution is -2.21. The summed E-state index contributed by atoms with van der Waals surface area (Å²) >= 11 is 0. The van der Waals surface area contributed by atoms with Gasteiger partial charge in [0.25, 0.3) is 0 Å². The molecule has 2 nitrogen and oxygen atoms in total. The molecule has 0 bridgehead atoms. The Morgan fingerprint density at radius 1 is 1.16 bits per heavy atom. The third-order valence-electron chi connectivity index (χ3n) is 2.90. The Labute approximate surface area is 114 Å². The molecule has 0 aliphatic rings. The SMILES string of the molecule is CC(C)OCCCCNC(C)c1cc(F)ccc1F. The summed E-state index contributed by atoms with van der Waals surface area (Å²) < 4.78 is 32.0. The van der Waals surface area contributed by atoms with E-state index in [0.717, 1.165) is 32.1 Å². The van der Waals surface area contributed by atoms with Crippen molar-refractivity contribution >= 4 is 0 Å². The van der Waals surface area contributed by atoms with Gasteiger partial charge in [-0.15, -0.1) is 0 Å². The van der Waals surface area contributed by atoms with Gasteiger partial charge in [-0.05, 0) is 58.4 Å². The smallest absolute Gasteiger partial charge is 0.128 e. The maximum atomic E-state index is 13.5. The van der Waals surface area contributed by atoms with Gasteiger partial charge in [0, 0.05) is 18.2 Å². The van der Waals surface area contributed by atoms with Gasteiger partial charge >= 0.3 is 0 Å². The van der Waals surface area contributed by atoms with Gasteiger partial charge in [-0.3, -0.25) is 0 Å². The second-order valence-electron chi connectivity index (χ2n) is 4.97. The Hall–Kier alpha value is -1.00. The summed E-state index contributed by atoms with van der Waals surface area (Å²) in [5.41, 5.74) is 0.374. The summed E-state index contributed by atoms with van der Waals surface area (Å²) in [7, 11) is 0. The minimum Gasteiger partial charge on any atom is -0.379 e. The van der Waals surface area contributed by atoms with Crippen LogP contribution in [0.1, 0.15) is 45.2 Å². The van der Waals surface area contributed by atoms with Gasteiger partial charge in [0.15, 0.2) is 0 Å². The molecule has 1 aromatic carbocycles. The van der Waals surface area contributed by atoms with Crippen LogP contribution in [0.15, 0.2) is 18.2 Å². The van der Waals surface area contributed by atoms with Crippen molar-refractivity contribution in [3.8, 4) is 0 Å². The second-order valence-corrected chi connectivity index (χ2v) is 4.97. The van der Waals surface area contributed by atoms with Crippen molar-refractivity contribution in [2.45, 2.75) is 45.8 Å². The molecular formula is C15H23F2NO. The Morgan fingerprint density at radius 3 is 2.58 bits per heavy atom.